The summed E-state index contributed by atoms with van der Waals surface area (Å²) in [7, 11) is -3.68. The third-order valence-corrected chi connectivity index (χ3v) is 6.40. The molecule has 1 aromatic carbocycles. The number of piperazine rings is 1. The lowest BCUT2D eigenvalue weighted by atomic mass is 10.1. The molecular formula is C15H15Cl2N3O2S. The van der Waals surface area contributed by atoms with Gasteiger partial charge >= 0.3 is 0 Å². The third kappa shape index (κ3) is 3.36. The first kappa shape index (κ1) is 16.7. The van der Waals surface area contributed by atoms with Crippen LogP contribution in [0.5, 0.6) is 0 Å². The van der Waals surface area contributed by atoms with Crippen LogP contribution in [0.1, 0.15) is 11.6 Å². The van der Waals surface area contributed by atoms with E-state index in [9.17, 15) is 8.42 Å². The minimum atomic E-state index is -3.68. The third-order valence-electron chi connectivity index (χ3n) is 3.76. The van der Waals surface area contributed by atoms with Gasteiger partial charge in [-0.25, -0.2) is 8.42 Å². The largest absolute Gasteiger partial charge is 0.313 e. The van der Waals surface area contributed by atoms with Crippen molar-refractivity contribution in [2.24, 2.45) is 0 Å². The van der Waals surface area contributed by atoms with E-state index in [0.29, 0.717) is 24.7 Å². The van der Waals surface area contributed by atoms with Crippen LogP contribution in [0.25, 0.3) is 0 Å². The predicted octanol–water partition coefficient (Wildman–Crippen LogP) is 2.72. The second-order valence-electron chi connectivity index (χ2n) is 5.20. The first-order chi connectivity index (χ1) is 11.0. The van der Waals surface area contributed by atoms with E-state index in [1.165, 1.54) is 22.5 Å². The Morgan fingerprint density at radius 1 is 1.22 bits per heavy atom. The maximum atomic E-state index is 13.0. The molecule has 1 aliphatic heterocycles. The van der Waals surface area contributed by atoms with E-state index in [-0.39, 0.29) is 16.0 Å². The van der Waals surface area contributed by atoms with Crippen LogP contribution in [0, 0.1) is 0 Å². The number of nitrogens with zero attached hydrogens (tertiary/aromatic N) is 2. The predicted molar refractivity (Wildman–Crippen MR) is 90.2 cm³/mol. The first-order valence-electron chi connectivity index (χ1n) is 7.07. The summed E-state index contributed by atoms with van der Waals surface area (Å²) in [6, 6.07) is 7.73. The van der Waals surface area contributed by atoms with Crippen LogP contribution in [0.15, 0.2) is 47.6 Å². The van der Waals surface area contributed by atoms with Gasteiger partial charge in [-0.15, -0.1) is 0 Å². The fourth-order valence-electron chi connectivity index (χ4n) is 2.60. The van der Waals surface area contributed by atoms with Crippen LogP contribution in [0.3, 0.4) is 0 Å². The topological polar surface area (TPSA) is 62.3 Å². The Kier molecular flexibility index (Phi) is 4.89. The van der Waals surface area contributed by atoms with Gasteiger partial charge in [0, 0.05) is 32.0 Å². The summed E-state index contributed by atoms with van der Waals surface area (Å²) in [5.74, 6) is 0. The highest BCUT2D eigenvalue weighted by Crippen LogP contribution is 2.31. The Morgan fingerprint density at radius 3 is 2.74 bits per heavy atom. The fourth-order valence-corrected chi connectivity index (χ4v) is 4.61. The number of rotatable bonds is 3. The van der Waals surface area contributed by atoms with Crippen LogP contribution in [-0.4, -0.2) is 37.3 Å². The van der Waals surface area contributed by atoms with Gasteiger partial charge in [0.05, 0.1) is 21.0 Å². The summed E-state index contributed by atoms with van der Waals surface area (Å²) >= 11 is 11.9. The molecule has 3 rings (SSSR count). The quantitative estimate of drug-likeness (QED) is 0.900. The van der Waals surface area contributed by atoms with E-state index in [0.717, 1.165) is 5.56 Å². The zero-order valence-electron chi connectivity index (χ0n) is 12.1. The molecule has 122 valence electrons. The van der Waals surface area contributed by atoms with E-state index in [2.05, 4.69) is 10.3 Å². The molecule has 0 amide bonds. The highest BCUT2D eigenvalue weighted by Gasteiger charge is 2.34. The number of nitrogens with one attached hydrogen (secondary N) is 1. The molecule has 0 saturated carbocycles. The van der Waals surface area contributed by atoms with Crippen molar-refractivity contribution in [1.29, 1.82) is 0 Å². The van der Waals surface area contributed by atoms with Crippen molar-refractivity contribution in [3.05, 3.63) is 58.3 Å². The zero-order chi connectivity index (χ0) is 16.4. The van der Waals surface area contributed by atoms with Gasteiger partial charge in [-0.1, -0.05) is 29.3 Å². The monoisotopic (exact) mass is 371 g/mol. The van der Waals surface area contributed by atoms with Crippen molar-refractivity contribution in [3.8, 4) is 0 Å². The van der Waals surface area contributed by atoms with Crippen molar-refractivity contribution >= 4 is 33.2 Å². The highest BCUT2D eigenvalue weighted by molar-refractivity contribution is 7.89. The van der Waals surface area contributed by atoms with Crippen molar-refractivity contribution in [2.75, 3.05) is 19.6 Å². The number of benzene rings is 1. The number of sulfonamides is 1. The normalized spacial score (nSPS) is 19.7. The minimum Gasteiger partial charge on any atom is -0.313 e. The Bertz CT molecular complexity index is 800. The molecule has 1 fully saturated rings. The van der Waals surface area contributed by atoms with Crippen LogP contribution < -0.4 is 5.32 Å². The summed E-state index contributed by atoms with van der Waals surface area (Å²) in [6.07, 6.45) is 3.35. The lowest BCUT2D eigenvalue weighted by molar-refractivity contribution is 0.271. The van der Waals surface area contributed by atoms with E-state index < -0.39 is 10.0 Å². The van der Waals surface area contributed by atoms with Gasteiger partial charge in [0.2, 0.25) is 10.0 Å². The number of pyridine rings is 1. The number of aromatic nitrogens is 1. The maximum Gasteiger partial charge on any atom is 0.243 e. The smallest absolute Gasteiger partial charge is 0.243 e. The van der Waals surface area contributed by atoms with E-state index >= 15 is 0 Å². The van der Waals surface area contributed by atoms with Crippen LogP contribution in [0.2, 0.25) is 10.0 Å². The Balaban J connectivity index is 2.00. The van der Waals surface area contributed by atoms with Crippen molar-refractivity contribution in [1.82, 2.24) is 14.6 Å². The zero-order valence-corrected chi connectivity index (χ0v) is 14.4. The van der Waals surface area contributed by atoms with Crippen LogP contribution in [0.4, 0.5) is 0 Å². The van der Waals surface area contributed by atoms with Gasteiger partial charge in [-0.05, 0) is 29.8 Å². The second kappa shape index (κ2) is 6.75. The fraction of sp³-hybridized carbons (Fsp3) is 0.267. The van der Waals surface area contributed by atoms with E-state index in [1.54, 1.807) is 18.5 Å². The van der Waals surface area contributed by atoms with Gasteiger partial charge < -0.3 is 5.32 Å². The number of hydrogen-bond donors (Lipinski definition) is 1. The standard InChI is InChI=1S/C15H15Cl2N3O2S/c16-13-4-3-12(8-14(13)17)23(21,22)20-7-6-19-10-15(20)11-2-1-5-18-9-11/h1-5,8-9,15,19H,6-7,10H2. The Labute approximate surface area is 145 Å². The summed E-state index contributed by atoms with van der Waals surface area (Å²) in [6.45, 7) is 1.51. The summed E-state index contributed by atoms with van der Waals surface area (Å²) in [5, 5.41) is 3.78. The lowest BCUT2D eigenvalue weighted by Crippen LogP contribution is -2.48. The van der Waals surface area contributed by atoms with E-state index in [4.69, 9.17) is 23.2 Å². The molecule has 2 heterocycles. The molecule has 0 aliphatic carbocycles. The molecule has 1 atom stereocenters. The molecule has 0 radical (unpaired) electrons. The Morgan fingerprint density at radius 2 is 2.04 bits per heavy atom. The van der Waals surface area contributed by atoms with Gasteiger partial charge in [0.1, 0.15) is 0 Å². The molecule has 1 unspecified atom stereocenters. The van der Waals surface area contributed by atoms with Crippen molar-refractivity contribution in [2.45, 2.75) is 10.9 Å². The molecule has 2 aromatic rings. The van der Waals surface area contributed by atoms with Gasteiger partial charge in [0.15, 0.2) is 0 Å². The van der Waals surface area contributed by atoms with Gasteiger partial charge in [-0.2, -0.15) is 4.31 Å². The minimum absolute atomic E-state index is 0.141. The second-order valence-corrected chi connectivity index (χ2v) is 7.90. The first-order valence-corrected chi connectivity index (χ1v) is 9.27. The molecule has 0 bridgehead atoms. The molecular weight excluding hydrogens is 357 g/mol. The molecule has 1 aliphatic rings. The highest BCUT2D eigenvalue weighted by atomic mass is 35.5. The molecule has 1 saturated heterocycles. The Hall–Kier alpha value is -1.18. The molecule has 1 aromatic heterocycles. The average Bonchev–Trinajstić information content (AvgIpc) is 2.58. The summed E-state index contributed by atoms with van der Waals surface area (Å²) in [4.78, 5) is 4.23. The van der Waals surface area contributed by atoms with Crippen LogP contribution >= 0.6 is 23.2 Å². The van der Waals surface area contributed by atoms with Crippen molar-refractivity contribution in [3.63, 3.8) is 0 Å². The van der Waals surface area contributed by atoms with Crippen molar-refractivity contribution < 1.29 is 8.42 Å². The SMILES string of the molecule is O=S(=O)(c1ccc(Cl)c(Cl)c1)N1CCNCC1c1cccnc1. The maximum absolute atomic E-state index is 13.0. The van der Waals surface area contributed by atoms with Crippen LogP contribution in [-0.2, 0) is 10.0 Å². The summed E-state index contributed by atoms with van der Waals surface area (Å²) in [5.41, 5.74) is 0.850. The van der Waals surface area contributed by atoms with Gasteiger partial charge in [-0.3, -0.25) is 4.98 Å². The van der Waals surface area contributed by atoms with Gasteiger partial charge in [0.25, 0.3) is 0 Å². The number of halogens is 2. The molecule has 0 spiro atoms. The molecule has 5 nitrogen and oxygen atoms in total. The molecule has 1 N–H and O–H groups in total. The average molecular weight is 372 g/mol. The molecule has 23 heavy (non-hydrogen) atoms. The summed E-state index contributed by atoms with van der Waals surface area (Å²) < 4.78 is 27.5. The van der Waals surface area contributed by atoms with E-state index in [1.807, 2.05) is 6.07 Å². The number of hydrogen-bond acceptors (Lipinski definition) is 4. The molecule has 8 heteroatoms. The lowest BCUT2D eigenvalue weighted by Gasteiger charge is -2.35.